The van der Waals surface area contributed by atoms with Crippen LogP contribution in [0.3, 0.4) is 0 Å². The number of carbonyl (C=O) groups excluding carboxylic acids is 1. The Morgan fingerprint density at radius 1 is 1.35 bits per heavy atom. The molecule has 0 aliphatic heterocycles. The van der Waals surface area contributed by atoms with Crippen molar-refractivity contribution in [2.24, 2.45) is 5.73 Å². The lowest BCUT2D eigenvalue weighted by Gasteiger charge is -2.47. The number of carbonyl (C=O) groups is 1. The van der Waals surface area contributed by atoms with Crippen LogP contribution in [0.15, 0.2) is 42.9 Å². The third kappa shape index (κ3) is 1.81. The van der Waals surface area contributed by atoms with Crippen molar-refractivity contribution in [1.82, 2.24) is 15.2 Å². The first-order valence-electron chi connectivity index (χ1n) is 7.46. The number of benzene rings is 1. The highest BCUT2D eigenvalue weighted by Gasteiger charge is 2.54. The molecule has 2 unspecified atom stereocenters. The molecule has 1 aromatic carbocycles. The van der Waals surface area contributed by atoms with E-state index in [-0.39, 0.29) is 11.7 Å². The molecule has 1 amide bonds. The Hall–Kier alpha value is -2.76. The minimum Gasteiger partial charge on any atom is -0.369 e. The lowest BCUT2D eigenvalue weighted by molar-refractivity contribution is -0.127. The van der Waals surface area contributed by atoms with E-state index in [2.05, 4.69) is 15.2 Å². The third-order valence-corrected chi connectivity index (χ3v) is 5.00. The molecule has 2 aromatic heterocycles. The Kier molecular flexibility index (Phi) is 2.94. The molecule has 4 rings (SSSR count). The summed E-state index contributed by atoms with van der Waals surface area (Å²) in [5, 5.41) is 7.05. The minimum atomic E-state index is -0.896. The summed E-state index contributed by atoms with van der Waals surface area (Å²) in [5.41, 5.74) is 6.72. The maximum absolute atomic E-state index is 14.9. The van der Waals surface area contributed by atoms with Gasteiger partial charge in [0.2, 0.25) is 5.91 Å². The number of primary amides is 1. The van der Waals surface area contributed by atoms with Gasteiger partial charge in [-0.3, -0.25) is 14.9 Å². The van der Waals surface area contributed by atoms with Gasteiger partial charge in [-0.1, -0.05) is 12.1 Å². The summed E-state index contributed by atoms with van der Waals surface area (Å²) >= 11 is 0. The fourth-order valence-corrected chi connectivity index (χ4v) is 3.68. The van der Waals surface area contributed by atoms with Gasteiger partial charge >= 0.3 is 0 Å². The van der Waals surface area contributed by atoms with E-state index in [0.29, 0.717) is 29.3 Å². The van der Waals surface area contributed by atoms with Crippen molar-refractivity contribution >= 4 is 16.8 Å². The van der Waals surface area contributed by atoms with Crippen LogP contribution in [0.5, 0.6) is 0 Å². The molecule has 116 valence electrons. The van der Waals surface area contributed by atoms with Crippen LogP contribution < -0.4 is 5.73 Å². The molecule has 5 nitrogen and oxygen atoms in total. The molecule has 2 atom stereocenters. The zero-order valence-corrected chi connectivity index (χ0v) is 12.3. The molecular formula is C17H15FN4O. The molecule has 1 aliphatic carbocycles. The zero-order chi connectivity index (χ0) is 16.0. The summed E-state index contributed by atoms with van der Waals surface area (Å²) in [5.74, 6) is -1.06. The number of nitrogens with zero attached hydrogens (tertiary/aromatic N) is 2. The van der Waals surface area contributed by atoms with E-state index >= 15 is 0 Å². The maximum atomic E-state index is 14.9. The van der Waals surface area contributed by atoms with Crippen molar-refractivity contribution in [2.75, 3.05) is 0 Å². The van der Waals surface area contributed by atoms with Crippen LogP contribution in [-0.4, -0.2) is 21.1 Å². The van der Waals surface area contributed by atoms with Crippen molar-refractivity contribution in [2.45, 2.75) is 24.2 Å². The number of rotatable bonds is 3. The van der Waals surface area contributed by atoms with Crippen molar-refractivity contribution in [1.29, 1.82) is 0 Å². The van der Waals surface area contributed by atoms with E-state index in [1.54, 1.807) is 30.6 Å². The second-order valence-corrected chi connectivity index (χ2v) is 5.97. The Morgan fingerprint density at radius 2 is 2.22 bits per heavy atom. The molecule has 1 fully saturated rings. The summed E-state index contributed by atoms with van der Waals surface area (Å²) in [6.07, 6.45) is 6.05. The van der Waals surface area contributed by atoms with E-state index in [1.165, 1.54) is 6.20 Å². The Balaban J connectivity index is 1.87. The van der Waals surface area contributed by atoms with E-state index in [9.17, 15) is 9.18 Å². The minimum absolute atomic E-state index is 0.288. The fourth-order valence-electron chi connectivity index (χ4n) is 3.68. The lowest BCUT2D eigenvalue weighted by atomic mass is 9.54. The number of aromatic nitrogens is 3. The molecule has 0 saturated heterocycles. The number of H-pyrrole nitrogens is 1. The highest BCUT2D eigenvalue weighted by atomic mass is 19.1. The number of hydrogen-bond donors (Lipinski definition) is 2. The number of nitrogens with one attached hydrogen (secondary N) is 1. The molecule has 1 aliphatic rings. The number of halogens is 1. The molecule has 23 heavy (non-hydrogen) atoms. The Labute approximate surface area is 131 Å². The van der Waals surface area contributed by atoms with E-state index in [4.69, 9.17) is 5.73 Å². The van der Waals surface area contributed by atoms with Gasteiger partial charge in [0.05, 0.1) is 22.5 Å². The molecule has 1 saturated carbocycles. The monoisotopic (exact) mass is 310 g/mol. The van der Waals surface area contributed by atoms with Crippen molar-refractivity contribution in [3.8, 4) is 0 Å². The standard InChI is InChI=1S/C17H15FN4O/c18-15-11(3-4-14-12(15)9-21-22-14)13-5-6-17(13,16(19)23)10-2-1-7-20-8-10/h1-4,7-9,13H,5-6H2,(H2,19,23)(H,21,22). The first-order chi connectivity index (χ1) is 11.1. The Morgan fingerprint density at radius 3 is 2.87 bits per heavy atom. The van der Waals surface area contributed by atoms with E-state index in [1.807, 2.05) is 6.07 Å². The van der Waals surface area contributed by atoms with Crippen LogP contribution in [0.1, 0.15) is 29.9 Å². The van der Waals surface area contributed by atoms with Gasteiger partial charge < -0.3 is 5.73 Å². The number of nitrogens with two attached hydrogens (primary N) is 1. The number of pyridine rings is 1. The summed E-state index contributed by atoms with van der Waals surface area (Å²) in [7, 11) is 0. The van der Waals surface area contributed by atoms with Gasteiger partial charge in [0, 0.05) is 18.3 Å². The predicted octanol–water partition coefficient (Wildman–Crippen LogP) is 2.40. The van der Waals surface area contributed by atoms with E-state index in [0.717, 1.165) is 5.56 Å². The number of aromatic amines is 1. The predicted molar refractivity (Wildman–Crippen MR) is 83.1 cm³/mol. The number of hydrogen-bond acceptors (Lipinski definition) is 3. The SMILES string of the molecule is NC(=O)C1(c2cccnc2)CCC1c1ccc2[nH]ncc2c1F. The molecule has 6 heteroatoms. The van der Waals surface area contributed by atoms with Gasteiger partial charge in [-0.15, -0.1) is 0 Å². The second kappa shape index (κ2) is 4.87. The highest BCUT2D eigenvalue weighted by molar-refractivity contribution is 5.90. The molecule has 3 aromatic rings. The lowest BCUT2D eigenvalue weighted by Crippen LogP contribution is -2.52. The average Bonchev–Trinajstić information content (AvgIpc) is 2.99. The van der Waals surface area contributed by atoms with Crippen LogP contribution in [0, 0.1) is 5.82 Å². The molecule has 3 N–H and O–H groups in total. The normalized spacial score (nSPS) is 23.6. The Bertz CT molecular complexity index is 892. The molecule has 0 spiro atoms. The summed E-state index contributed by atoms with van der Waals surface area (Å²) in [6, 6.07) is 7.10. The average molecular weight is 310 g/mol. The van der Waals surface area contributed by atoms with Gasteiger partial charge in [-0.05, 0) is 36.1 Å². The van der Waals surface area contributed by atoms with Crippen LogP contribution in [-0.2, 0) is 10.2 Å². The van der Waals surface area contributed by atoms with Gasteiger partial charge in [-0.2, -0.15) is 5.10 Å². The quantitative estimate of drug-likeness (QED) is 0.779. The van der Waals surface area contributed by atoms with Crippen LogP contribution in [0.2, 0.25) is 0 Å². The summed E-state index contributed by atoms with van der Waals surface area (Å²) in [6.45, 7) is 0. The van der Waals surface area contributed by atoms with Crippen LogP contribution >= 0.6 is 0 Å². The first kappa shape index (κ1) is 13.9. The largest absolute Gasteiger partial charge is 0.369 e. The van der Waals surface area contributed by atoms with Crippen molar-refractivity contribution in [3.63, 3.8) is 0 Å². The highest BCUT2D eigenvalue weighted by Crippen LogP contribution is 2.55. The van der Waals surface area contributed by atoms with Gasteiger partial charge in [0.15, 0.2) is 0 Å². The van der Waals surface area contributed by atoms with Crippen LogP contribution in [0.4, 0.5) is 4.39 Å². The fraction of sp³-hybridized carbons (Fsp3) is 0.235. The molecule has 2 heterocycles. The molecular weight excluding hydrogens is 295 g/mol. The maximum Gasteiger partial charge on any atom is 0.228 e. The number of amides is 1. The van der Waals surface area contributed by atoms with Gasteiger partial charge in [-0.25, -0.2) is 4.39 Å². The first-order valence-corrected chi connectivity index (χ1v) is 7.46. The second-order valence-electron chi connectivity index (χ2n) is 5.97. The van der Waals surface area contributed by atoms with Gasteiger partial charge in [0.1, 0.15) is 5.82 Å². The summed E-state index contributed by atoms with van der Waals surface area (Å²) in [4.78, 5) is 16.4. The smallest absolute Gasteiger partial charge is 0.228 e. The topological polar surface area (TPSA) is 84.7 Å². The molecule has 0 bridgehead atoms. The van der Waals surface area contributed by atoms with E-state index < -0.39 is 11.3 Å². The van der Waals surface area contributed by atoms with Crippen molar-refractivity contribution < 1.29 is 9.18 Å². The summed E-state index contributed by atoms with van der Waals surface area (Å²) < 4.78 is 14.9. The molecule has 0 radical (unpaired) electrons. The van der Waals surface area contributed by atoms with Crippen LogP contribution in [0.25, 0.3) is 10.9 Å². The van der Waals surface area contributed by atoms with Crippen molar-refractivity contribution in [3.05, 3.63) is 59.8 Å². The third-order valence-electron chi connectivity index (χ3n) is 5.00. The number of fused-ring (bicyclic) bond motifs is 1. The van der Waals surface area contributed by atoms with Gasteiger partial charge in [0.25, 0.3) is 0 Å². The zero-order valence-electron chi connectivity index (χ0n) is 12.3.